The number of nitrogens with one attached hydrogen (secondary N) is 1. The summed E-state index contributed by atoms with van der Waals surface area (Å²) in [5, 5.41) is 2.52. The minimum Gasteiger partial charge on any atom is -0.323 e. The van der Waals surface area contributed by atoms with Gasteiger partial charge in [-0.25, -0.2) is 4.39 Å². The Morgan fingerprint density at radius 3 is 2.64 bits per heavy atom. The molecule has 0 radical (unpaired) electrons. The zero-order valence-electron chi connectivity index (χ0n) is 13.8. The van der Waals surface area contributed by atoms with Gasteiger partial charge >= 0.3 is 0 Å². The van der Waals surface area contributed by atoms with Crippen molar-refractivity contribution in [2.24, 2.45) is 5.92 Å². The Hall–Kier alpha value is -2.21. The molecule has 0 aromatic heterocycles. The van der Waals surface area contributed by atoms with Crippen molar-refractivity contribution in [3.05, 3.63) is 58.3 Å². The summed E-state index contributed by atoms with van der Waals surface area (Å²) in [6, 6.07) is 12.1. The monoisotopic (exact) mass is 404 g/mol. The molecule has 0 saturated carbocycles. The Kier molecular flexibility index (Phi) is 5.18. The third-order valence-electron chi connectivity index (χ3n) is 4.37. The molecule has 2 aromatic carbocycles. The van der Waals surface area contributed by atoms with Gasteiger partial charge in [-0.05, 0) is 48.7 Å². The number of carbonyl (C=O) groups is 2. The number of aryl methyl sites for hydroxylation is 1. The first-order chi connectivity index (χ1) is 12.0. The molecule has 1 heterocycles. The lowest BCUT2D eigenvalue weighted by Crippen LogP contribution is -2.33. The summed E-state index contributed by atoms with van der Waals surface area (Å²) in [4.78, 5) is 26.6. The highest BCUT2D eigenvalue weighted by Gasteiger charge is 2.37. The van der Waals surface area contributed by atoms with Crippen LogP contribution < -0.4 is 10.2 Å². The Bertz CT molecular complexity index is 808. The number of halogens is 2. The van der Waals surface area contributed by atoms with Crippen LogP contribution in [0.25, 0.3) is 0 Å². The van der Waals surface area contributed by atoms with Crippen LogP contribution in [-0.4, -0.2) is 18.4 Å². The zero-order valence-corrected chi connectivity index (χ0v) is 15.3. The van der Waals surface area contributed by atoms with Crippen molar-refractivity contribution in [2.45, 2.75) is 19.8 Å². The molecule has 2 aromatic rings. The van der Waals surface area contributed by atoms with E-state index < -0.39 is 17.6 Å². The van der Waals surface area contributed by atoms with E-state index >= 15 is 0 Å². The maximum atomic E-state index is 13.9. The number of amides is 2. The van der Waals surface area contributed by atoms with Crippen LogP contribution in [0.1, 0.15) is 18.9 Å². The number of anilines is 2. The SMILES string of the molecule is CCc1ccc(N2CCC(C(=O)Nc3ccc(Br)cc3F)C2=O)cc1. The number of hydrogen-bond acceptors (Lipinski definition) is 2. The van der Waals surface area contributed by atoms with Gasteiger partial charge in [0, 0.05) is 16.7 Å². The summed E-state index contributed by atoms with van der Waals surface area (Å²) in [5.74, 6) is -2.06. The average molecular weight is 405 g/mol. The molecular formula is C19H18BrFN2O2. The van der Waals surface area contributed by atoms with Crippen molar-refractivity contribution >= 4 is 39.1 Å². The summed E-state index contributed by atoms with van der Waals surface area (Å²) in [7, 11) is 0. The molecule has 25 heavy (non-hydrogen) atoms. The van der Waals surface area contributed by atoms with Gasteiger partial charge in [0.2, 0.25) is 11.8 Å². The molecule has 1 aliphatic heterocycles. The highest BCUT2D eigenvalue weighted by molar-refractivity contribution is 9.10. The quantitative estimate of drug-likeness (QED) is 0.778. The van der Waals surface area contributed by atoms with E-state index in [1.807, 2.05) is 24.3 Å². The molecule has 1 fully saturated rings. The van der Waals surface area contributed by atoms with Gasteiger partial charge in [-0.15, -0.1) is 0 Å². The van der Waals surface area contributed by atoms with Gasteiger partial charge in [-0.1, -0.05) is 35.0 Å². The minimum absolute atomic E-state index is 0.0757. The number of rotatable bonds is 4. The van der Waals surface area contributed by atoms with Crippen LogP contribution >= 0.6 is 15.9 Å². The molecule has 130 valence electrons. The second kappa shape index (κ2) is 7.35. The fourth-order valence-electron chi connectivity index (χ4n) is 2.90. The summed E-state index contributed by atoms with van der Waals surface area (Å²) in [5.41, 5.74) is 2.05. The molecule has 3 rings (SSSR count). The number of benzene rings is 2. The predicted molar refractivity (Wildman–Crippen MR) is 99.0 cm³/mol. The van der Waals surface area contributed by atoms with Gasteiger partial charge in [-0.2, -0.15) is 0 Å². The standard InChI is InChI=1S/C19H18BrFN2O2/c1-2-12-3-6-14(7-4-12)23-10-9-15(19(23)25)18(24)22-17-8-5-13(20)11-16(17)21/h3-8,11,15H,2,9-10H2,1H3,(H,22,24). The first kappa shape index (κ1) is 17.6. The van der Waals surface area contributed by atoms with Crippen LogP contribution in [0.15, 0.2) is 46.9 Å². The van der Waals surface area contributed by atoms with Crippen molar-refractivity contribution in [3.63, 3.8) is 0 Å². The summed E-state index contributed by atoms with van der Waals surface area (Å²) in [6.07, 6.45) is 1.34. The maximum Gasteiger partial charge on any atom is 0.239 e. The number of hydrogen-bond donors (Lipinski definition) is 1. The van der Waals surface area contributed by atoms with Gasteiger partial charge in [0.15, 0.2) is 0 Å². The topological polar surface area (TPSA) is 49.4 Å². The highest BCUT2D eigenvalue weighted by atomic mass is 79.9. The first-order valence-electron chi connectivity index (χ1n) is 8.16. The third-order valence-corrected chi connectivity index (χ3v) is 4.86. The van der Waals surface area contributed by atoms with Crippen LogP contribution in [0.2, 0.25) is 0 Å². The zero-order chi connectivity index (χ0) is 18.0. The lowest BCUT2D eigenvalue weighted by Gasteiger charge is -2.17. The van der Waals surface area contributed by atoms with Crippen LogP contribution in [0.4, 0.5) is 15.8 Å². The smallest absolute Gasteiger partial charge is 0.239 e. The Labute approximate surface area is 154 Å². The average Bonchev–Trinajstić information content (AvgIpc) is 2.99. The van der Waals surface area contributed by atoms with Crippen LogP contribution in [0.5, 0.6) is 0 Å². The van der Waals surface area contributed by atoms with Gasteiger partial charge in [-0.3, -0.25) is 9.59 Å². The Morgan fingerprint density at radius 1 is 1.28 bits per heavy atom. The fourth-order valence-corrected chi connectivity index (χ4v) is 3.23. The van der Waals surface area contributed by atoms with Crippen molar-refractivity contribution in [1.29, 1.82) is 0 Å². The van der Waals surface area contributed by atoms with Crippen LogP contribution in [0.3, 0.4) is 0 Å². The Morgan fingerprint density at radius 2 is 2.00 bits per heavy atom. The summed E-state index contributed by atoms with van der Waals surface area (Å²) < 4.78 is 14.5. The fraction of sp³-hybridized carbons (Fsp3) is 0.263. The molecule has 1 saturated heterocycles. The number of nitrogens with zero attached hydrogens (tertiary/aromatic N) is 1. The van der Waals surface area contributed by atoms with E-state index in [9.17, 15) is 14.0 Å². The predicted octanol–water partition coefficient (Wildman–Crippen LogP) is 4.14. The van der Waals surface area contributed by atoms with Crippen LogP contribution in [0, 0.1) is 11.7 Å². The molecule has 6 heteroatoms. The molecular weight excluding hydrogens is 387 g/mol. The molecule has 0 bridgehead atoms. The van der Waals surface area contributed by atoms with Gasteiger partial charge in [0.25, 0.3) is 0 Å². The van der Waals surface area contributed by atoms with E-state index in [1.54, 1.807) is 11.0 Å². The molecule has 0 spiro atoms. The van der Waals surface area contributed by atoms with E-state index in [0.29, 0.717) is 17.4 Å². The molecule has 0 aliphatic carbocycles. The van der Waals surface area contributed by atoms with Crippen LogP contribution in [-0.2, 0) is 16.0 Å². The summed E-state index contributed by atoms with van der Waals surface area (Å²) in [6.45, 7) is 2.54. The van der Waals surface area contributed by atoms with Crippen molar-refractivity contribution in [2.75, 3.05) is 16.8 Å². The van der Waals surface area contributed by atoms with Crippen molar-refractivity contribution < 1.29 is 14.0 Å². The molecule has 1 N–H and O–H groups in total. The lowest BCUT2D eigenvalue weighted by molar-refractivity contribution is -0.129. The Balaban J connectivity index is 1.71. The van der Waals surface area contributed by atoms with E-state index in [4.69, 9.17) is 0 Å². The largest absolute Gasteiger partial charge is 0.323 e. The van der Waals surface area contributed by atoms with Gasteiger partial charge in [0.1, 0.15) is 11.7 Å². The molecule has 2 amide bonds. The summed E-state index contributed by atoms with van der Waals surface area (Å²) >= 11 is 3.17. The molecule has 1 atom stereocenters. The maximum absolute atomic E-state index is 13.9. The van der Waals surface area contributed by atoms with E-state index in [0.717, 1.165) is 12.1 Å². The highest BCUT2D eigenvalue weighted by Crippen LogP contribution is 2.27. The van der Waals surface area contributed by atoms with Gasteiger partial charge in [0.05, 0.1) is 5.69 Å². The molecule has 1 unspecified atom stereocenters. The van der Waals surface area contributed by atoms with Gasteiger partial charge < -0.3 is 10.2 Å². The molecule has 4 nitrogen and oxygen atoms in total. The normalized spacial score (nSPS) is 17.0. The third kappa shape index (κ3) is 3.74. The minimum atomic E-state index is -0.797. The first-order valence-corrected chi connectivity index (χ1v) is 8.95. The van der Waals surface area contributed by atoms with E-state index in [-0.39, 0.29) is 11.6 Å². The van der Waals surface area contributed by atoms with E-state index in [2.05, 4.69) is 28.2 Å². The molecule has 1 aliphatic rings. The van der Waals surface area contributed by atoms with Crippen molar-refractivity contribution in [1.82, 2.24) is 0 Å². The lowest BCUT2D eigenvalue weighted by atomic mass is 10.1. The second-order valence-electron chi connectivity index (χ2n) is 5.96. The second-order valence-corrected chi connectivity index (χ2v) is 6.88. The van der Waals surface area contributed by atoms with Crippen molar-refractivity contribution in [3.8, 4) is 0 Å². The number of carbonyl (C=O) groups excluding carboxylic acids is 2. The van der Waals surface area contributed by atoms with E-state index in [1.165, 1.54) is 17.7 Å².